The smallest absolute Gasteiger partial charge is 0.275 e. The Labute approximate surface area is 158 Å². The topological polar surface area (TPSA) is 75.7 Å². The van der Waals surface area contributed by atoms with Gasteiger partial charge >= 0.3 is 0 Å². The molecular weight excluding hydrogens is 342 g/mol. The maximum atomic E-state index is 12.4. The number of fused-ring (bicyclic) bond motifs is 1. The Hall–Kier alpha value is -2.93. The number of amides is 1. The lowest BCUT2D eigenvalue weighted by atomic mass is 10.2. The van der Waals surface area contributed by atoms with Gasteiger partial charge in [-0.1, -0.05) is 18.2 Å². The molecule has 1 aromatic carbocycles. The molecule has 0 saturated carbocycles. The molecule has 1 aliphatic heterocycles. The van der Waals surface area contributed by atoms with Crippen LogP contribution in [0.1, 0.15) is 18.7 Å². The maximum absolute atomic E-state index is 12.4. The van der Waals surface area contributed by atoms with E-state index in [-0.39, 0.29) is 11.9 Å². The SMILES string of the molecule is C[C@H](NC(=O)C[NH+]1CCN(c2ncccn2)CC1)c1cc2ccccc2o1. The van der Waals surface area contributed by atoms with Gasteiger partial charge in [-0.25, -0.2) is 9.97 Å². The number of piperazine rings is 1. The lowest BCUT2D eigenvalue weighted by Crippen LogP contribution is -3.16. The van der Waals surface area contributed by atoms with E-state index in [1.807, 2.05) is 43.3 Å². The van der Waals surface area contributed by atoms with Gasteiger partial charge in [0.2, 0.25) is 5.95 Å². The molecule has 3 heterocycles. The van der Waals surface area contributed by atoms with Crippen molar-refractivity contribution in [3.8, 4) is 0 Å². The molecule has 0 radical (unpaired) electrons. The van der Waals surface area contributed by atoms with E-state index in [1.54, 1.807) is 12.4 Å². The number of furan rings is 1. The summed E-state index contributed by atoms with van der Waals surface area (Å²) in [5.74, 6) is 1.59. The molecule has 7 heteroatoms. The number of nitrogens with zero attached hydrogens (tertiary/aromatic N) is 3. The standard InChI is InChI=1S/C20H23N5O2/c1-15(18-13-16-5-2-3-6-17(16)27-18)23-19(26)14-24-9-11-25(12-10-24)20-21-7-4-8-22-20/h2-8,13,15H,9-12,14H2,1H3,(H,23,26)/p+1/t15-/m0/s1. The number of aromatic nitrogens is 2. The van der Waals surface area contributed by atoms with E-state index in [2.05, 4.69) is 20.2 Å². The van der Waals surface area contributed by atoms with Crippen LogP contribution in [-0.2, 0) is 4.79 Å². The number of anilines is 1. The van der Waals surface area contributed by atoms with Crippen molar-refractivity contribution in [2.45, 2.75) is 13.0 Å². The number of carbonyl (C=O) groups excluding carboxylic acids is 1. The van der Waals surface area contributed by atoms with Crippen LogP contribution in [0.3, 0.4) is 0 Å². The van der Waals surface area contributed by atoms with Gasteiger partial charge in [0.25, 0.3) is 5.91 Å². The number of rotatable bonds is 5. The molecule has 1 amide bonds. The van der Waals surface area contributed by atoms with Crippen LogP contribution in [0.25, 0.3) is 11.0 Å². The molecule has 0 spiro atoms. The van der Waals surface area contributed by atoms with Crippen LogP contribution >= 0.6 is 0 Å². The van der Waals surface area contributed by atoms with Crippen molar-refractivity contribution in [2.24, 2.45) is 0 Å². The molecule has 7 nitrogen and oxygen atoms in total. The van der Waals surface area contributed by atoms with E-state index in [4.69, 9.17) is 4.42 Å². The second-order valence-corrected chi connectivity index (χ2v) is 6.94. The molecule has 4 rings (SSSR count). The summed E-state index contributed by atoms with van der Waals surface area (Å²) in [6.07, 6.45) is 3.52. The minimum atomic E-state index is -0.150. The quantitative estimate of drug-likeness (QED) is 0.699. The highest BCUT2D eigenvalue weighted by Crippen LogP contribution is 2.23. The first kappa shape index (κ1) is 17.5. The molecule has 0 aliphatic carbocycles. The van der Waals surface area contributed by atoms with E-state index in [1.165, 1.54) is 4.90 Å². The minimum absolute atomic E-state index is 0.0439. The van der Waals surface area contributed by atoms with Crippen molar-refractivity contribution in [1.29, 1.82) is 0 Å². The number of nitrogens with one attached hydrogen (secondary N) is 2. The molecule has 2 N–H and O–H groups in total. The largest absolute Gasteiger partial charge is 0.459 e. The molecule has 3 aromatic rings. The normalized spacial score (nSPS) is 16.4. The predicted molar refractivity (Wildman–Crippen MR) is 103 cm³/mol. The van der Waals surface area contributed by atoms with Crippen molar-refractivity contribution < 1.29 is 14.1 Å². The third-order valence-corrected chi connectivity index (χ3v) is 4.96. The molecule has 1 atom stereocenters. The molecule has 27 heavy (non-hydrogen) atoms. The molecule has 0 unspecified atom stereocenters. The lowest BCUT2D eigenvalue weighted by molar-refractivity contribution is -0.892. The van der Waals surface area contributed by atoms with Gasteiger partial charge in [-0.05, 0) is 25.1 Å². The third-order valence-electron chi connectivity index (χ3n) is 4.96. The van der Waals surface area contributed by atoms with Crippen LogP contribution in [0.4, 0.5) is 5.95 Å². The molecule has 2 aromatic heterocycles. The fourth-order valence-electron chi connectivity index (χ4n) is 3.46. The van der Waals surface area contributed by atoms with Gasteiger partial charge in [0.1, 0.15) is 11.3 Å². The molecule has 140 valence electrons. The average molecular weight is 366 g/mol. The number of para-hydroxylation sites is 1. The van der Waals surface area contributed by atoms with E-state index in [0.29, 0.717) is 6.54 Å². The monoisotopic (exact) mass is 366 g/mol. The summed E-state index contributed by atoms with van der Waals surface area (Å²) in [6, 6.07) is 11.5. The van der Waals surface area contributed by atoms with Crippen molar-refractivity contribution in [2.75, 3.05) is 37.6 Å². The van der Waals surface area contributed by atoms with Crippen LogP contribution in [0.5, 0.6) is 0 Å². The summed E-state index contributed by atoms with van der Waals surface area (Å²) < 4.78 is 5.84. The van der Waals surface area contributed by atoms with Crippen molar-refractivity contribution in [3.63, 3.8) is 0 Å². The Kier molecular flexibility index (Phi) is 5.02. The highest BCUT2D eigenvalue weighted by Gasteiger charge is 2.24. The number of benzene rings is 1. The van der Waals surface area contributed by atoms with Gasteiger partial charge in [0, 0.05) is 17.8 Å². The summed E-state index contributed by atoms with van der Waals surface area (Å²) in [5, 5.41) is 4.11. The summed E-state index contributed by atoms with van der Waals surface area (Å²) in [7, 11) is 0. The summed E-state index contributed by atoms with van der Waals surface area (Å²) in [5.41, 5.74) is 0.846. The number of quaternary nitrogens is 1. The summed E-state index contributed by atoms with van der Waals surface area (Å²) in [4.78, 5) is 24.5. The first-order valence-electron chi connectivity index (χ1n) is 9.32. The Morgan fingerprint density at radius 1 is 1.22 bits per heavy atom. The zero-order chi connectivity index (χ0) is 18.6. The van der Waals surface area contributed by atoms with Crippen LogP contribution in [0.2, 0.25) is 0 Å². The molecule has 1 saturated heterocycles. The Balaban J connectivity index is 1.28. The van der Waals surface area contributed by atoms with Gasteiger partial charge in [0.05, 0.1) is 32.2 Å². The zero-order valence-electron chi connectivity index (χ0n) is 15.4. The van der Waals surface area contributed by atoms with Gasteiger partial charge in [-0.3, -0.25) is 4.79 Å². The highest BCUT2D eigenvalue weighted by molar-refractivity contribution is 5.79. The van der Waals surface area contributed by atoms with Crippen LogP contribution in [0, 0.1) is 0 Å². The predicted octanol–water partition coefficient (Wildman–Crippen LogP) is 0.805. The zero-order valence-corrected chi connectivity index (χ0v) is 15.4. The van der Waals surface area contributed by atoms with Crippen LogP contribution in [-0.4, -0.2) is 48.6 Å². The second-order valence-electron chi connectivity index (χ2n) is 6.94. The Morgan fingerprint density at radius 2 is 1.96 bits per heavy atom. The number of hydrogen-bond acceptors (Lipinski definition) is 5. The number of carbonyl (C=O) groups is 1. The maximum Gasteiger partial charge on any atom is 0.275 e. The number of hydrogen-bond donors (Lipinski definition) is 2. The molecule has 1 aliphatic rings. The average Bonchev–Trinajstić information content (AvgIpc) is 3.14. The summed E-state index contributed by atoms with van der Waals surface area (Å²) in [6.45, 7) is 5.91. The van der Waals surface area contributed by atoms with Crippen molar-refractivity contribution in [3.05, 3.63) is 54.6 Å². The lowest BCUT2D eigenvalue weighted by Gasteiger charge is -2.31. The molecular formula is C20H24N5O2+. The van der Waals surface area contributed by atoms with E-state index in [9.17, 15) is 4.79 Å². The van der Waals surface area contributed by atoms with Crippen LogP contribution in [0.15, 0.2) is 53.2 Å². The second kappa shape index (κ2) is 7.75. The first-order chi connectivity index (χ1) is 13.2. The van der Waals surface area contributed by atoms with E-state index in [0.717, 1.165) is 48.9 Å². The van der Waals surface area contributed by atoms with Crippen molar-refractivity contribution in [1.82, 2.24) is 15.3 Å². The van der Waals surface area contributed by atoms with Crippen molar-refractivity contribution >= 4 is 22.8 Å². The van der Waals surface area contributed by atoms with Gasteiger partial charge in [-0.2, -0.15) is 0 Å². The molecule has 1 fully saturated rings. The van der Waals surface area contributed by atoms with E-state index < -0.39 is 0 Å². The Morgan fingerprint density at radius 3 is 2.70 bits per heavy atom. The third kappa shape index (κ3) is 4.09. The molecule has 0 bridgehead atoms. The minimum Gasteiger partial charge on any atom is -0.459 e. The first-order valence-corrected chi connectivity index (χ1v) is 9.32. The van der Waals surface area contributed by atoms with Crippen LogP contribution < -0.4 is 15.1 Å². The fourth-order valence-corrected chi connectivity index (χ4v) is 3.46. The fraction of sp³-hybridized carbons (Fsp3) is 0.350. The van der Waals surface area contributed by atoms with Gasteiger partial charge < -0.3 is 19.5 Å². The Bertz CT molecular complexity index is 870. The summed E-state index contributed by atoms with van der Waals surface area (Å²) >= 11 is 0. The van der Waals surface area contributed by atoms with Gasteiger partial charge in [-0.15, -0.1) is 0 Å². The van der Waals surface area contributed by atoms with Gasteiger partial charge in [0.15, 0.2) is 6.54 Å². The highest BCUT2D eigenvalue weighted by atomic mass is 16.3. The van der Waals surface area contributed by atoms with E-state index >= 15 is 0 Å².